The molecule has 9 unspecified atom stereocenters. The summed E-state index contributed by atoms with van der Waals surface area (Å²) in [5.74, 6) is 0.773. The van der Waals surface area contributed by atoms with Crippen molar-refractivity contribution in [3.8, 4) is 0 Å². The molecule has 2 saturated heterocycles. The second kappa shape index (κ2) is 20.5. The molecule has 4 rings (SSSR count). The van der Waals surface area contributed by atoms with E-state index in [1.54, 1.807) is 14.2 Å². The highest BCUT2D eigenvalue weighted by molar-refractivity contribution is 4.97. The first-order valence-electron chi connectivity index (χ1n) is 19.3. The molecule has 0 aromatic heterocycles. The number of ether oxygens (including phenoxy) is 4. The fraction of sp³-hybridized carbons (Fsp3) is 1.00. The van der Waals surface area contributed by atoms with E-state index in [9.17, 15) is 25.5 Å². The minimum Gasteiger partial charge on any atom is -0.396 e. The highest BCUT2D eigenvalue weighted by Crippen LogP contribution is 2.42. The number of piperidine rings is 1. The number of aliphatic hydroxyl groups excluding tert-OH is 5. The van der Waals surface area contributed by atoms with Gasteiger partial charge in [0.05, 0.1) is 55.8 Å². The van der Waals surface area contributed by atoms with Gasteiger partial charge in [-0.05, 0) is 95.3 Å². The molecule has 48 heavy (non-hydrogen) atoms. The lowest BCUT2D eigenvalue weighted by Crippen LogP contribution is -2.94. The summed E-state index contributed by atoms with van der Waals surface area (Å²) in [6.07, 6.45) is 7.69. The van der Waals surface area contributed by atoms with E-state index in [2.05, 4.69) is 17.6 Å². The normalized spacial score (nSPS) is 40.8. The molecule has 12 heteroatoms. The summed E-state index contributed by atoms with van der Waals surface area (Å²) in [7, 11) is 3.28. The van der Waals surface area contributed by atoms with Crippen LogP contribution in [0.3, 0.4) is 0 Å². The van der Waals surface area contributed by atoms with E-state index in [0.717, 1.165) is 70.9 Å². The van der Waals surface area contributed by atoms with Gasteiger partial charge in [-0.2, -0.15) is 0 Å². The minimum atomic E-state index is -0.822. The van der Waals surface area contributed by atoms with Crippen LogP contribution in [0.2, 0.25) is 0 Å². The highest BCUT2D eigenvalue weighted by Gasteiger charge is 2.48. The van der Waals surface area contributed by atoms with E-state index in [4.69, 9.17) is 24.7 Å². The van der Waals surface area contributed by atoms with E-state index < -0.39 is 30.5 Å². The number of rotatable bonds is 18. The van der Waals surface area contributed by atoms with E-state index >= 15 is 0 Å². The van der Waals surface area contributed by atoms with E-state index in [1.807, 2.05) is 0 Å². The zero-order valence-corrected chi connectivity index (χ0v) is 30.0. The van der Waals surface area contributed by atoms with Crippen molar-refractivity contribution in [1.29, 1.82) is 0 Å². The Labute approximate surface area is 288 Å². The van der Waals surface area contributed by atoms with Crippen molar-refractivity contribution in [2.75, 3.05) is 40.5 Å². The van der Waals surface area contributed by atoms with Gasteiger partial charge in [-0.3, -0.25) is 5.73 Å². The molecule has 4 aliphatic rings. The van der Waals surface area contributed by atoms with Crippen molar-refractivity contribution in [1.82, 2.24) is 0 Å². The fourth-order valence-electron chi connectivity index (χ4n) is 9.51. The number of methoxy groups -OCH3 is 2. The zero-order chi connectivity index (χ0) is 34.6. The number of hydrogen-bond donors (Lipinski definition) is 8. The maximum Gasteiger partial charge on any atom is 0.137 e. The first-order chi connectivity index (χ1) is 23.2. The summed E-state index contributed by atoms with van der Waals surface area (Å²) < 4.78 is 25.0. The predicted molar refractivity (Wildman–Crippen MR) is 181 cm³/mol. The van der Waals surface area contributed by atoms with Crippen LogP contribution < -0.4 is 16.4 Å². The average Bonchev–Trinajstić information content (AvgIpc) is 3.08. The van der Waals surface area contributed by atoms with Crippen molar-refractivity contribution in [3.63, 3.8) is 0 Å². The van der Waals surface area contributed by atoms with Crippen LogP contribution >= 0.6 is 0 Å². The molecular weight excluding hydrogens is 618 g/mol. The Kier molecular flexibility index (Phi) is 17.2. The first-order valence-corrected chi connectivity index (χ1v) is 19.3. The number of likely N-dealkylation sites (N-methyl/N-ethyl adjacent to an activating group) is 1. The molecule has 2 aliphatic heterocycles. The van der Waals surface area contributed by atoms with Gasteiger partial charge in [-0.1, -0.05) is 0 Å². The van der Waals surface area contributed by atoms with Crippen LogP contribution in [-0.4, -0.2) is 133 Å². The van der Waals surface area contributed by atoms with Crippen molar-refractivity contribution in [3.05, 3.63) is 0 Å². The van der Waals surface area contributed by atoms with Crippen LogP contribution in [-0.2, 0) is 18.9 Å². The van der Waals surface area contributed by atoms with Crippen LogP contribution in [0.1, 0.15) is 96.8 Å². The Morgan fingerprint density at radius 3 is 2.25 bits per heavy atom. The molecule has 4 fully saturated rings. The standard InChI is InChI=1S/C36H69N3O9/c1-4-38-27(9-6-23-11-14-39-34(37)18-23)30(13-16-41)48-33-20-24(19-32(46-3)35(33)44)36-26(12-15-40)29(43)21-25(47-36)8-5-22-7-10-28(42)31(17-22)45-2/h22-36,38-44H,4-21,37H2,1-3H3/p+2/t22?,23?,24?,25-,26+,27+,28?,29-,30-,31?,32?,33?,34?,35?,36-/m0/s1. The third-order valence-corrected chi connectivity index (χ3v) is 12.2. The van der Waals surface area contributed by atoms with Crippen molar-refractivity contribution < 1.29 is 55.1 Å². The minimum absolute atomic E-state index is 0.00516. The van der Waals surface area contributed by atoms with Gasteiger partial charge >= 0.3 is 0 Å². The van der Waals surface area contributed by atoms with Gasteiger partial charge in [-0.25, -0.2) is 0 Å². The van der Waals surface area contributed by atoms with Crippen LogP contribution in [0, 0.1) is 23.7 Å². The molecule has 0 aromatic rings. The topological polar surface area (TPSA) is 197 Å². The van der Waals surface area contributed by atoms with Crippen LogP contribution in [0.5, 0.6) is 0 Å². The summed E-state index contributed by atoms with van der Waals surface area (Å²) in [5.41, 5.74) is 6.24. The molecule has 2 aliphatic carbocycles. The number of nitrogens with two attached hydrogens (primary N) is 3. The van der Waals surface area contributed by atoms with E-state index in [0.29, 0.717) is 43.9 Å². The van der Waals surface area contributed by atoms with Gasteiger partial charge in [0, 0.05) is 52.6 Å². The maximum atomic E-state index is 11.5. The molecule has 282 valence electrons. The third kappa shape index (κ3) is 11.3. The predicted octanol–water partition coefficient (Wildman–Crippen LogP) is -0.628. The summed E-state index contributed by atoms with van der Waals surface area (Å²) in [4.78, 5) is 0. The quantitative estimate of drug-likeness (QED) is 0.0918. The van der Waals surface area contributed by atoms with Gasteiger partial charge in [0.2, 0.25) is 0 Å². The Morgan fingerprint density at radius 2 is 1.56 bits per heavy atom. The number of aliphatic hydroxyl groups is 5. The van der Waals surface area contributed by atoms with Gasteiger partial charge in [0.15, 0.2) is 0 Å². The second-order valence-corrected chi connectivity index (χ2v) is 15.5. The lowest BCUT2D eigenvalue weighted by molar-refractivity contribution is -0.701. The highest BCUT2D eigenvalue weighted by atomic mass is 16.5. The maximum absolute atomic E-state index is 11.5. The summed E-state index contributed by atoms with van der Waals surface area (Å²) >= 11 is 0. The fourth-order valence-corrected chi connectivity index (χ4v) is 9.51. The molecule has 0 spiro atoms. The molecular formula is C36H71N3O9+2. The monoisotopic (exact) mass is 690 g/mol. The first kappa shape index (κ1) is 40.3. The number of hydrogen-bond acceptors (Lipinski definition) is 10. The Balaban J connectivity index is 1.45. The third-order valence-electron chi connectivity index (χ3n) is 12.2. The molecule has 11 N–H and O–H groups in total. The van der Waals surface area contributed by atoms with Gasteiger partial charge in [-0.15, -0.1) is 0 Å². The summed E-state index contributed by atoms with van der Waals surface area (Å²) in [5, 5.41) is 57.8. The molecule has 0 radical (unpaired) electrons. The number of quaternary nitrogens is 2. The molecule has 2 saturated carbocycles. The molecule has 0 aromatic carbocycles. The van der Waals surface area contributed by atoms with Gasteiger partial charge in [0.1, 0.15) is 24.4 Å². The second-order valence-electron chi connectivity index (χ2n) is 15.5. The SMILES string of the molecule is CC[NH2+][C@H](CCC1CC[NH2+]C(N)C1)[C@H](CCO)OC1CC([C@@H]2O[C@@H](CCC3CCC(O)C(OC)C3)C[C@H](O)[C@H]2CCO)CC(OC)C1O. The van der Waals surface area contributed by atoms with Gasteiger partial charge < -0.3 is 55.1 Å². The average molecular weight is 690 g/mol. The van der Waals surface area contributed by atoms with Crippen molar-refractivity contribution in [2.45, 2.75) is 164 Å². The molecule has 0 amide bonds. The lowest BCUT2D eigenvalue weighted by Gasteiger charge is -2.48. The van der Waals surface area contributed by atoms with Crippen LogP contribution in [0.25, 0.3) is 0 Å². The summed E-state index contributed by atoms with van der Waals surface area (Å²) in [6, 6.07) is 0.149. The molecule has 12 nitrogen and oxygen atoms in total. The molecule has 15 atom stereocenters. The van der Waals surface area contributed by atoms with Crippen LogP contribution in [0.4, 0.5) is 0 Å². The van der Waals surface area contributed by atoms with Gasteiger partial charge in [0.25, 0.3) is 0 Å². The van der Waals surface area contributed by atoms with Crippen molar-refractivity contribution in [2.24, 2.45) is 29.4 Å². The Bertz CT molecular complexity index is 892. The smallest absolute Gasteiger partial charge is 0.137 e. The largest absolute Gasteiger partial charge is 0.396 e. The Morgan fingerprint density at radius 1 is 0.812 bits per heavy atom. The van der Waals surface area contributed by atoms with Crippen LogP contribution in [0.15, 0.2) is 0 Å². The van der Waals surface area contributed by atoms with E-state index in [1.165, 1.54) is 0 Å². The summed E-state index contributed by atoms with van der Waals surface area (Å²) in [6.45, 7) is 4.07. The molecule has 2 heterocycles. The lowest BCUT2D eigenvalue weighted by atomic mass is 9.72. The van der Waals surface area contributed by atoms with E-state index in [-0.39, 0.29) is 61.7 Å². The van der Waals surface area contributed by atoms with Crippen molar-refractivity contribution >= 4 is 0 Å². The Hall–Kier alpha value is -0.480. The molecule has 0 bridgehead atoms. The zero-order valence-electron chi connectivity index (χ0n) is 30.0.